The number of halogens is 20. The van der Waals surface area contributed by atoms with E-state index in [-0.39, 0.29) is 6.92 Å². The molecule has 6 rings (SSSR count). The first-order valence-corrected chi connectivity index (χ1v) is 19.4. The zero-order chi connectivity index (χ0) is 50.8. The molecule has 1 aliphatic carbocycles. The summed E-state index contributed by atoms with van der Waals surface area (Å²) in [5.41, 5.74) is -21.3. The number of hydrogen-bond donors (Lipinski definition) is 0. The fourth-order valence-corrected chi connectivity index (χ4v) is 9.50. The monoisotopic (exact) mass is 980 g/mol. The van der Waals surface area contributed by atoms with Crippen LogP contribution in [0.15, 0.2) is 41.6 Å². The summed E-state index contributed by atoms with van der Waals surface area (Å²) in [7, 11) is 1.49. The van der Waals surface area contributed by atoms with Gasteiger partial charge in [0, 0.05) is 72.2 Å². The van der Waals surface area contributed by atoms with E-state index in [0.717, 1.165) is 27.2 Å². The van der Waals surface area contributed by atoms with Crippen LogP contribution in [0.2, 0.25) is 0 Å². The van der Waals surface area contributed by atoms with Crippen LogP contribution < -0.4 is 4.90 Å². The van der Waals surface area contributed by atoms with Crippen molar-refractivity contribution in [2.24, 2.45) is 11.8 Å². The SMILES string of the molecule is CC1=C(N(C)C)C(C)C(c2c(F)c(F)c(F)c(F)c2F)(c2c(F)c(F)c(F)c(F)c2F)C(C)C1(c1c(F)c(F)c(F)c(F)c1F)c1c(F)c(F)c(F)c(F)c1F.CCN(CC)c1ccccc1. The number of rotatable bonds is 8. The van der Waals surface area contributed by atoms with E-state index in [1.807, 2.05) is 6.07 Å². The predicted molar refractivity (Wildman–Crippen MR) is 201 cm³/mol. The maximum Gasteiger partial charge on any atom is 0.200 e. The second-order valence-corrected chi connectivity index (χ2v) is 15.3. The van der Waals surface area contributed by atoms with Gasteiger partial charge in [-0.25, -0.2) is 87.8 Å². The maximum absolute atomic E-state index is 16.3. The van der Waals surface area contributed by atoms with Crippen LogP contribution in [0.1, 0.15) is 56.9 Å². The summed E-state index contributed by atoms with van der Waals surface area (Å²) in [6, 6.07) is 10.5. The van der Waals surface area contributed by atoms with Crippen molar-refractivity contribution in [1.29, 1.82) is 0 Å². The Hall–Kier alpha value is -5.96. The molecule has 0 bridgehead atoms. The lowest BCUT2D eigenvalue weighted by molar-refractivity contribution is 0.121. The summed E-state index contributed by atoms with van der Waals surface area (Å²) in [5, 5.41) is 0. The van der Waals surface area contributed by atoms with Crippen LogP contribution in [0.5, 0.6) is 0 Å². The summed E-state index contributed by atoms with van der Waals surface area (Å²) < 4.78 is 310. The lowest BCUT2D eigenvalue weighted by Gasteiger charge is -2.59. The van der Waals surface area contributed by atoms with Gasteiger partial charge in [0.25, 0.3) is 0 Å². The van der Waals surface area contributed by atoms with E-state index < -0.39 is 173 Å². The van der Waals surface area contributed by atoms with Gasteiger partial charge in [0.05, 0.1) is 5.41 Å². The van der Waals surface area contributed by atoms with Crippen molar-refractivity contribution in [3.05, 3.63) is 180 Å². The Morgan fingerprint density at radius 2 is 0.657 bits per heavy atom. The van der Waals surface area contributed by atoms with E-state index in [0.29, 0.717) is 18.7 Å². The number of anilines is 1. The Morgan fingerprint density at radius 1 is 0.403 bits per heavy atom. The van der Waals surface area contributed by atoms with E-state index >= 15 is 70.2 Å². The minimum absolute atomic E-state index is 0.0125. The smallest absolute Gasteiger partial charge is 0.200 e. The number of nitrogens with zero attached hydrogens (tertiary/aromatic N) is 2. The Bertz CT molecular complexity index is 2570. The lowest BCUT2D eigenvalue weighted by atomic mass is 9.43. The molecular weight excluding hydrogens is 948 g/mol. The molecule has 0 radical (unpaired) electrons. The average Bonchev–Trinajstić information content (AvgIpc) is 3.30. The first-order chi connectivity index (χ1) is 31.1. The highest BCUT2D eigenvalue weighted by Crippen LogP contribution is 2.66. The molecule has 5 aromatic carbocycles. The molecule has 22 heteroatoms. The summed E-state index contributed by atoms with van der Waals surface area (Å²) >= 11 is 0. The molecule has 2 unspecified atom stereocenters. The van der Waals surface area contributed by atoms with Crippen molar-refractivity contribution in [2.75, 3.05) is 32.1 Å². The lowest BCUT2D eigenvalue weighted by Crippen LogP contribution is -2.60. The first-order valence-electron chi connectivity index (χ1n) is 19.4. The molecule has 0 fully saturated rings. The van der Waals surface area contributed by atoms with Crippen molar-refractivity contribution < 1.29 is 87.8 Å². The molecule has 0 aliphatic heterocycles. The van der Waals surface area contributed by atoms with Crippen LogP contribution in [0.4, 0.5) is 93.5 Å². The van der Waals surface area contributed by atoms with Crippen molar-refractivity contribution >= 4 is 5.69 Å². The van der Waals surface area contributed by atoms with Crippen LogP contribution >= 0.6 is 0 Å². The quantitative estimate of drug-likeness (QED) is 0.0868. The van der Waals surface area contributed by atoms with E-state index in [1.165, 1.54) is 5.69 Å². The minimum atomic E-state index is -4.60. The second-order valence-electron chi connectivity index (χ2n) is 15.3. The van der Waals surface area contributed by atoms with Crippen LogP contribution in [-0.2, 0) is 10.8 Å². The Kier molecular flexibility index (Phi) is 14.4. The maximum atomic E-state index is 16.3. The number of allylic oxidation sites excluding steroid dienone is 2. The van der Waals surface area contributed by atoms with Gasteiger partial charge in [-0.3, -0.25) is 0 Å². The van der Waals surface area contributed by atoms with E-state index in [9.17, 15) is 17.6 Å². The van der Waals surface area contributed by atoms with Crippen molar-refractivity contribution in [1.82, 2.24) is 4.90 Å². The molecule has 67 heavy (non-hydrogen) atoms. The first kappa shape index (κ1) is 52.0. The molecular formula is C45H32F20N2. The molecule has 0 amide bonds. The number of hydrogen-bond acceptors (Lipinski definition) is 2. The van der Waals surface area contributed by atoms with Gasteiger partial charge in [-0.15, -0.1) is 0 Å². The third-order valence-electron chi connectivity index (χ3n) is 12.2. The molecule has 0 aromatic heterocycles. The van der Waals surface area contributed by atoms with Crippen LogP contribution in [0.25, 0.3) is 0 Å². The van der Waals surface area contributed by atoms with E-state index in [4.69, 9.17) is 0 Å². The Labute approximate surface area is 367 Å². The largest absolute Gasteiger partial charge is 0.381 e. The van der Waals surface area contributed by atoms with Crippen molar-refractivity contribution in [2.45, 2.75) is 45.4 Å². The molecule has 5 aromatic rings. The van der Waals surface area contributed by atoms with Crippen molar-refractivity contribution in [3.63, 3.8) is 0 Å². The van der Waals surface area contributed by atoms with Gasteiger partial charge in [-0.05, 0) is 44.4 Å². The fraction of sp³-hybridized carbons (Fsp3) is 0.289. The van der Waals surface area contributed by atoms with E-state index in [2.05, 4.69) is 43.0 Å². The second kappa shape index (κ2) is 18.6. The third kappa shape index (κ3) is 7.34. The molecule has 0 N–H and O–H groups in total. The highest BCUT2D eigenvalue weighted by atomic mass is 19.2. The zero-order valence-corrected chi connectivity index (χ0v) is 35.4. The van der Waals surface area contributed by atoms with Gasteiger partial charge in [-0.1, -0.05) is 32.0 Å². The predicted octanol–water partition coefficient (Wildman–Crippen LogP) is 13.4. The fourth-order valence-electron chi connectivity index (χ4n) is 9.50. The van der Waals surface area contributed by atoms with E-state index in [1.54, 1.807) is 0 Å². The molecule has 2 atom stereocenters. The normalized spacial score (nSPS) is 16.6. The van der Waals surface area contributed by atoms with Gasteiger partial charge in [0.1, 0.15) is 0 Å². The van der Waals surface area contributed by atoms with Gasteiger partial charge < -0.3 is 9.80 Å². The molecule has 362 valence electrons. The topological polar surface area (TPSA) is 6.48 Å². The highest BCUT2D eigenvalue weighted by Gasteiger charge is 2.67. The number of para-hydroxylation sites is 1. The Balaban J connectivity index is 0.000000669. The molecule has 0 spiro atoms. The van der Waals surface area contributed by atoms with Gasteiger partial charge in [0.2, 0.25) is 23.3 Å². The van der Waals surface area contributed by atoms with Gasteiger partial charge in [-0.2, -0.15) is 0 Å². The Morgan fingerprint density at radius 3 is 0.910 bits per heavy atom. The molecule has 0 saturated carbocycles. The summed E-state index contributed by atoms with van der Waals surface area (Å²) in [6.45, 7) is 7.40. The molecule has 0 heterocycles. The number of benzene rings is 5. The highest BCUT2D eigenvalue weighted by molar-refractivity contribution is 5.62. The van der Waals surface area contributed by atoms with Gasteiger partial charge >= 0.3 is 0 Å². The standard InChI is InChI=1S/C35H17F20N.C10H15N/c1-6-33(56(4)5)7(2)35(11-17(40)25(48)31(54)26(49)18(11)41,12-19(42)27(50)32(55)28(51)20(12)43)8(3)34(6,9-13(36)21(44)29(52)22(45)14(9)37)10-15(38)23(46)30(53)24(47)16(10)39;1-3-11(4-2)10-8-6-5-7-9-10/h6,8H,1-5H3;5-9H,3-4H2,1-2H3. The van der Waals surface area contributed by atoms with Crippen LogP contribution in [0, 0.1) is 128 Å². The van der Waals surface area contributed by atoms with Gasteiger partial charge in [0.15, 0.2) is 93.1 Å². The summed E-state index contributed by atoms with van der Waals surface area (Å²) in [5.74, 6) is -69.2. The van der Waals surface area contributed by atoms with Crippen molar-refractivity contribution in [3.8, 4) is 0 Å². The zero-order valence-electron chi connectivity index (χ0n) is 35.4. The third-order valence-corrected chi connectivity index (χ3v) is 12.2. The minimum Gasteiger partial charge on any atom is -0.381 e. The van der Waals surface area contributed by atoms with Crippen LogP contribution in [-0.4, -0.2) is 32.1 Å². The molecule has 1 aliphatic rings. The van der Waals surface area contributed by atoms with Crippen LogP contribution in [0.3, 0.4) is 0 Å². The molecule has 0 saturated heterocycles. The molecule has 2 nitrogen and oxygen atoms in total. The average molecular weight is 981 g/mol. The summed E-state index contributed by atoms with van der Waals surface area (Å²) in [6.07, 6.45) is 0. The summed E-state index contributed by atoms with van der Waals surface area (Å²) in [4.78, 5) is 2.82.